The minimum atomic E-state index is -0.269. The molecule has 1 atom stereocenters. The Hall–Kier alpha value is -1.13. The number of aromatic nitrogens is 1. The van der Waals surface area contributed by atoms with Gasteiger partial charge in [-0.05, 0) is 31.5 Å². The largest absolute Gasteiger partial charge is 0.392 e. The molecule has 1 unspecified atom stereocenters. The molecular formula is C12H18N2O2. The van der Waals surface area contributed by atoms with Gasteiger partial charge in [0.1, 0.15) is 0 Å². The van der Waals surface area contributed by atoms with Crippen LogP contribution in [0.3, 0.4) is 0 Å². The van der Waals surface area contributed by atoms with Gasteiger partial charge in [0.05, 0.1) is 18.3 Å². The van der Waals surface area contributed by atoms with Crippen molar-refractivity contribution in [3.05, 3.63) is 24.0 Å². The van der Waals surface area contributed by atoms with E-state index in [-0.39, 0.29) is 11.9 Å². The van der Waals surface area contributed by atoms with Crippen LogP contribution in [0.1, 0.15) is 23.3 Å². The Morgan fingerprint density at radius 2 is 2.44 bits per heavy atom. The summed E-state index contributed by atoms with van der Waals surface area (Å²) < 4.78 is 1.84. The molecule has 1 aliphatic rings. The molecule has 1 aliphatic heterocycles. The van der Waals surface area contributed by atoms with Crippen molar-refractivity contribution in [3.8, 4) is 0 Å². The molecule has 16 heavy (non-hydrogen) atoms. The van der Waals surface area contributed by atoms with Crippen LogP contribution in [0.5, 0.6) is 0 Å². The van der Waals surface area contributed by atoms with Gasteiger partial charge in [0, 0.05) is 19.8 Å². The number of Topliss-reactive ketones (excluding diaryl/α,β-unsaturated/α-hetero) is 1. The smallest absolute Gasteiger partial charge is 0.193 e. The Labute approximate surface area is 95.5 Å². The molecule has 4 nitrogen and oxygen atoms in total. The van der Waals surface area contributed by atoms with Crippen LogP contribution in [0.2, 0.25) is 0 Å². The number of carbonyl (C=O) groups is 1. The van der Waals surface area contributed by atoms with Crippen molar-refractivity contribution in [3.63, 3.8) is 0 Å². The summed E-state index contributed by atoms with van der Waals surface area (Å²) >= 11 is 0. The lowest BCUT2D eigenvalue weighted by Crippen LogP contribution is -2.41. The number of aliphatic hydroxyl groups is 1. The maximum absolute atomic E-state index is 12.0. The van der Waals surface area contributed by atoms with Gasteiger partial charge in [-0.3, -0.25) is 9.69 Å². The second kappa shape index (κ2) is 4.80. The van der Waals surface area contributed by atoms with E-state index >= 15 is 0 Å². The van der Waals surface area contributed by atoms with Crippen LogP contribution in [0.15, 0.2) is 18.3 Å². The first-order valence-corrected chi connectivity index (χ1v) is 5.72. The Morgan fingerprint density at radius 3 is 3.06 bits per heavy atom. The van der Waals surface area contributed by atoms with Crippen LogP contribution in [0, 0.1) is 0 Å². The highest BCUT2D eigenvalue weighted by Gasteiger charge is 2.20. The maximum Gasteiger partial charge on any atom is 0.193 e. The van der Waals surface area contributed by atoms with Gasteiger partial charge in [-0.2, -0.15) is 0 Å². The number of rotatable bonds is 3. The molecule has 0 aliphatic carbocycles. The summed E-state index contributed by atoms with van der Waals surface area (Å²) in [5, 5.41) is 9.52. The van der Waals surface area contributed by atoms with Crippen molar-refractivity contribution < 1.29 is 9.90 Å². The van der Waals surface area contributed by atoms with Crippen molar-refractivity contribution in [2.24, 2.45) is 7.05 Å². The first kappa shape index (κ1) is 11.4. The van der Waals surface area contributed by atoms with E-state index in [9.17, 15) is 9.90 Å². The molecular weight excluding hydrogens is 204 g/mol. The molecule has 0 radical (unpaired) electrons. The Kier molecular flexibility index (Phi) is 3.41. The standard InChI is InChI=1S/C12H18N2O2/c1-13-6-3-5-11(13)12(16)9-14-7-2-4-10(15)8-14/h3,5-6,10,15H,2,4,7-9H2,1H3. The number of aliphatic hydroxyl groups excluding tert-OH is 1. The van der Waals surface area contributed by atoms with Crippen LogP contribution in [0.25, 0.3) is 0 Å². The molecule has 2 heterocycles. The zero-order valence-electron chi connectivity index (χ0n) is 9.59. The summed E-state index contributed by atoms with van der Waals surface area (Å²) in [6, 6.07) is 3.71. The SMILES string of the molecule is Cn1cccc1C(=O)CN1CCCC(O)C1. The quantitative estimate of drug-likeness (QED) is 0.764. The van der Waals surface area contributed by atoms with E-state index in [1.807, 2.05) is 34.8 Å². The highest BCUT2D eigenvalue weighted by molar-refractivity contribution is 5.96. The molecule has 0 amide bonds. The van der Waals surface area contributed by atoms with Crippen LogP contribution in [-0.4, -0.2) is 46.1 Å². The maximum atomic E-state index is 12.0. The van der Waals surface area contributed by atoms with E-state index < -0.39 is 0 Å². The van der Waals surface area contributed by atoms with Crippen LogP contribution < -0.4 is 0 Å². The summed E-state index contributed by atoms with van der Waals surface area (Å²) in [6.45, 7) is 1.94. The second-order valence-electron chi connectivity index (χ2n) is 4.46. The summed E-state index contributed by atoms with van der Waals surface area (Å²) in [5.41, 5.74) is 0.736. The molecule has 1 saturated heterocycles. The number of aryl methyl sites for hydroxylation is 1. The molecule has 2 rings (SSSR count). The normalized spacial score (nSPS) is 22.2. The predicted molar refractivity (Wildman–Crippen MR) is 61.4 cm³/mol. The first-order valence-electron chi connectivity index (χ1n) is 5.72. The summed E-state index contributed by atoms with van der Waals surface area (Å²) in [4.78, 5) is 14.0. The lowest BCUT2D eigenvalue weighted by molar-refractivity contribution is 0.0630. The van der Waals surface area contributed by atoms with Gasteiger partial charge in [0.2, 0.25) is 0 Å². The number of hydrogen-bond donors (Lipinski definition) is 1. The monoisotopic (exact) mass is 222 g/mol. The molecule has 1 fully saturated rings. The molecule has 1 aromatic heterocycles. The van der Waals surface area contributed by atoms with Gasteiger partial charge in [-0.25, -0.2) is 0 Å². The van der Waals surface area contributed by atoms with Crippen molar-refractivity contribution >= 4 is 5.78 Å². The number of nitrogens with zero attached hydrogens (tertiary/aromatic N) is 2. The number of piperidine rings is 1. The molecule has 0 spiro atoms. The van der Waals surface area contributed by atoms with Gasteiger partial charge >= 0.3 is 0 Å². The second-order valence-corrected chi connectivity index (χ2v) is 4.46. The molecule has 88 valence electrons. The number of carbonyl (C=O) groups excluding carboxylic acids is 1. The first-order chi connectivity index (χ1) is 7.66. The van der Waals surface area contributed by atoms with Crippen molar-refractivity contribution in [2.75, 3.05) is 19.6 Å². The number of likely N-dealkylation sites (tertiary alicyclic amines) is 1. The van der Waals surface area contributed by atoms with E-state index in [1.165, 1.54) is 0 Å². The van der Waals surface area contributed by atoms with E-state index in [1.54, 1.807) is 0 Å². The van der Waals surface area contributed by atoms with Gasteiger partial charge in [0.15, 0.2) is 5.78 Å². The van der Waals surface area contributed by atoms with Crippen molar-refractivity contribution in [1.82, 2.24) is 9.47 Å². The molecule has 0 aromatic carbocycles. The minimum absolute atomic E-state index is 0.126. The third-order valence-electron chi connectivity index (χ3n) is 3.08. The fourth-order valence-electron chi connectivity index (χ4n) is 2.21. The van der Waals surface area contributed by atoms with Gasteiger partial charge in [-0.1, -0.05) is 0 Å². The highest BCUT2D eigenvalue weighted by atomic mass is 16.3. The highest BCUT2D eigenvalue weighted by Crippen LogP contribution is 2.11. The lowest BCUT2D eigenvalue weighted by atomic mass is 10.1. The number of β-amino-alcohol motifs (C(OH)–C–C–N with tert-alkyl or cyclic N) is 1. The van der Waals surface area contributed by atoms with Crippen molar-refractivity contribution in [2.45, 2.75) is 18.9 Å². The molecule has 4 heteroatoms. The zero-order valence-corrected chi connectivity index (χ0v) is 9.59. The average molecular weight is 222 g/mol. The van der Waals surface area contributed by atoms with E-state index in [2.05, 4.69) is 0 Å². The summed E-state index contributed by atoms with van der Waals surface area (Å²) in [7, 11) is 1.87. The third kappa shape index (κ3) is 2.51. The predicted octanol–water partition coefficient (Wildman–Crippen LogP) is 0.665. The third-order valence-corrected chi connectivity index (χ3v) is 3.08. The van der Waals surface area contributed by atoms with Crippen molar-refractivity contribution in [1.29, 1.82) is 0 Å². The van der Waals surface area contributed by atoms with E-state index in [4.69, 9.17) is 0 Å². The number of hydrogen-bond acceptors (Lipinski definition) is 3. The molecule has 0 saturated carbocycles. The van der Waals surface area contributed by atoms with E-state index in [0.717, 1.165) is 25.1 Å². The topological polar surface area (TPSA) is 45.5 Å². The van der Waals surface area contributed by atoms with Crippen LogP contribution >= 0.6 is 0 Å². The average Bonchev–Trinajstić information content (AvgIpc) is 2.64. The summed E-state index contributed by atoms with van der Waals surface area (Å²) in [5.74, 6) is 0.126. The van der Waals surface area contributed by atoms with Gasteiger partial charge in [-0.15, -0.1) is 0 Å². The van der Waals surface area contributed by atoms with Crippen LogP contribution in [0.4, 0.5) is 0 Å². The molecule has 0 bridgehead atoms. The fourth-order valence-corrected chi connectivity index (χ4v) is 2.21. The van der Waals surface area contributed by atoms with E-state index in [0.29, 0.717) is 13.1 Å². The van der Waals surface area contributed by atoms with Crippen LogP contribution in [-0.2, 0) is 7.05 Å². The minimum Gasteiger partial charge on any atom is -0.392 e. The lowest BCUT2D eigenvalue weighted by Gasteiger charge is -2.29. The molecule has 1 N–H and O–H groups in total. The Morgan fingerprint density at radius 1 is 1.62 bits per heavy atom. The Balaban J connectivity index is 1.95. The summed E-state index contributed by atoms with van der Waals surface area (Å²) in [6.07, 6.45) is 3.43. The fraction of sp³-hybridized carbons (Fsp3) is 0.583. The Bertz CT molecular complexity index is 373. The van der Waals surface area contributed by atoms with Gasteiger partial charge in [0.25, 0.3) is 0 Å². The zero-order chi connectivity index (χ0) is 11.5. The molecule has 1 aromatic rings. The van der Waals surface area contributed by atoms with Gasteiger partial charge < -0.3 is 9.67 Å². The number of ketones is 1.